The molecule has 1 aliphatic heterocycles. The minimum Gasteiger partial charge on any atom is -0.503 e. The fraction of sp³-hybridized carbons (Fsp3) is 0.235. The molecule has 1 unspecified atom stereocenters. The number of rotatable bonds is 3. The summed E-state index contributed by atoms with van der Waals surface area (Å²) in [5.41, 5.74) is 2.13. The molecule has 1 heterocycles. The first-order valence-corrected chi connectivity index (χ1v) is 7.68. The number of carbonyl (C=O) groups excluding carboxylic acids is 1. The molecule has 1 atom stereocenters. The van der Waals surface area contributed by atoms with Crippen LogP contribution in [0.2, 0.25) is 5.02 Å². The zero-order valence-electron chi connectivity index (χ0n) is 12.8. The van der Waals surface area contributed by atoms with E-state index in [1.165, 1.54) is 0 Å². The Labute approximate surface area is 139 Å². The summed E-state index contributed by atoms with van der Waals surface area (Å²) < 4.78 is 5.41. The number of nitrogens with one attached hydrogen (secondary N) is 1. The van der Waals surface area contributed by atoms with Gasteiger partial charge in [0, 0.05) is 18.3 Å². The summed E-state index contributed by atoms with van der Waals surface area (Å²) >= 11 is 6.10. The Morgan fingerprint density at radius 1 is 1.35 bits per heavy atom. The number of phenols is 1. The van der Waals surface area contributed by atoms with E-state index < -0.39 is 6.17 Å². The number of para-hydroxylation sites is 1. The number of carbonyl (C=O) groups is 1. The lowest BCUT2D eigenvalue weighted by Gasteiger charge is -2.35. The topological polar surface area (TPSA) is 61.8 Å². The Balaban J connectivity index is 2.04. The quantitative estimate of drug-likeness (QED) is 0.900. The van der Waals surface area contributed by atoms with Gasteiger partial charge in [0.15, 0.2) is 11.5 Å². The van der Waals surface area contributed by atoms with Gasteiger partial charge >= 0.3 is 0 Å². The highest BCUT2D eigenvalue weighted by atomic mass is 35.5. The van der Waals surface area contributed by atoms with Crippen molar-refractivity contribution >= 4 is 23.2 Å². The van der Waals surface area contributed by atoms with Gasteiger partial charge in [-0.05, 0) is 31.2 Å². The third kappa shape index (κ3) is 2.68. The molecule has 0 fully saturated rings. The van der Waals surface area contributed by atoms with E-state index in [4.69, 9.17) is 16.3 Å². The van der Waals surface area contributed by atoms with Gasteiger partial charge < -0.3 is 20.1 Å². The Morgan fingerprint density at radius 2 is 2.09 bits per heavy atom. The monoisotopic (exact) mass is 332 g/mol. The molecule has 3 rings (SSSR count). The number of fused-ring (bicyclic) bond motifs is 1. The van der Waals surface area contributed by atoms with Crippen LogP contribution in [0.1, 0.15) is 29.0 Å². The third-order valence-corrected chi connectivity index (χ3v) is 4.11. The number of nitrogens with zero attached hydrogens (tertiary/aromatic N) is 1. The minimum atomic E-state index is -0.394. The molecular weight excluding hydrogens is 316 g/mol. The van der Waals surface area contributed by atoms with Gasteiger partial charge in [0.1, 0.15) is 6.17 Å². The summed E-state index contributed by atoms with van der Waals surface area (Å²) in [4.78, 5) is 14.1. The summed E-state index contributed by atoms with van der Waals surface area (Å²) in [5.74, 6) is 0.130. The lowest BCUT2D eigenvalue weighted by molar-refractivity contribution is 0.0735. The second-order valence-corrected chi connectivity index (χ2v) is 5.70. The number of halogens is 1. The molecule has 1 amide bonds. The zero-order chi connectivity index (χ0) is 16.6. The SMILES string of the molecule is CCOc1cc(C2Nc3ccccc3C(=O)N2C)cc(Cl)c1O. The van der Waals surface area contributed by atoms with Crippen LogP contribution in [0.15, 0.2) is 36.4 Å². The van der Waals surface area contributed by atoms with Crippen LogP contribution in [-0.4, -0.2) is 29.6 Å². The van der Waals surface area contributed by atoms with Gasteiger partial charge in [-0.1, -0.05) is 23.7 Å². The van der Waals surface area contributed by atoms with Crippen molar-refractivity contribution in [1.29, 1.82) is 0 Å². The molecule has 0 saturated heterocycles. The predicted octanol–water partition coefficient (Wildman–Crippen LogP) is 3.64. The molecule has 2 aromatic carbocycles. The summed E-state index contributed by atoms with van der Waals surface area (Å²) in [6.07, 6.45) is -0.394. The van der Waals surface area contributed by atoms with E-state index in [9.17, 15) is 9.90 Å². The van der Waals surface area contributed by atoms with Crippen molar-refractivity contribution in [2.24, 2.45) is 0 Å². The van der Waals surface area contributed by atoms with Crippen molar-refractivity contribution in [2.45, 2.75) is 13.1 Å². The van der Waals surface area contributed by atoms with Gasteiger partial charge in [-0.2, -0.15) is 0 Å². The summed E-state index contributed by atoms with van der Waals surface area (Å²) in [7, 11) is 1.72. The van der Waals surface area contributed by atoms with Crippen molar-refractivity contribution in [3.05, 3.63) is 52.5 Å². The molecule has 0 aliphatic carbocycles. The molecule has 5 nitrogen and oxygen atoms in total. The lowest BCUT2D eigenvalue weighted by Crippen LogP contribution is -2.40. The van der Waals surface area contributed by atoms with E-state index in [1.54, 1.807) is 30.1 Å². The number of anilines is 1. The molecular formula is C17H17ClN2O3. The highest BCUT2D eigenvalue weighted by Crippen LogP contribution is 2.40. The molecule has 1 aliphatic rings. The van der Waals surface area contributed by atoms with Crippen molar-refractivity contribution in [1.82, 2.24) is 4.90 Å². The summed E-state index contributed by atoms with van der Waals surface area (Å²) in [6, 6.07) is 10.7. The smallest absolute Gasteiger partial charge is 0.257 e. The Kier molecular flexibility index (Phi) is 4.05. The lowest BCUT2D eigenvalue weighted by atomic mass is 10.0. The van der Waals surface area contributed by atoms with Crippen LogP contribution in [0.25, 0.3) is 0 Å². The van der Waals surface area contributed by atoms with Crippen molar-refractivity contribution in [3.8, 4) is 11.5 Å². The van der Waals surface area contributed by atoms with Crippen LogP contribution in [0.4, 0.5) is 5.69 Å². The molecule has 0 bridgehead atoms. The number of phenolic OH excluding ortho intramolecular Hbond substituents is 1. The minimum absolute atomic E-state index is 0.0773. The second kappa shape index (κ2) is 6.01. The largest absolute Gasteiger partial charge is 0.503 e. The maximum Gasteiger partial charge on any atom is 0.257 e. The van der Waals surface area contributed by atoms with Crippen LogP contribution < -0.4 is 10.1 Å². The molecule has 120 valence electrons. The molecule has 0 saturated carbocycles. The van der Waals surface area contributed by atoms with Gasteiger partial charge in [-0.25, -0.2) is 0 Å². The number of hydrogen-bond donors (Lipinski definition) is 2. The molecule has 0 radical (unpaired) electrons. The standard InChI is InChI=1S/C17H17ClN2O3/c1-3-23-14-9-10(8-12(18)15(14)21)16-19-13-7-5-4-6-11(13)17(22)20(16)2/h4-9,16,19,21H,3H2,1-2H3. The Bertz CT molecular complexity index is 763. The molecule has 2 N–H and O–H groups in total. The van der Waals surface area contributed by atoms with Crippen LogP contribution in [0.5, 0.6) is 11.5 Å². The number of benzene rings is 2. The molecule has 6 heteroatoms. The first-order chi connectivity index (χ1) is 11.0. The van der Waals surface area contributed by atoms with E-state index in [0.717, 1.165) is 11.3 Å². The fourth-order valence-corrected chi connectivity index (χ4v) is 2.89. The first-order valence-electron chi connectivity index (χ1n) is 7.31. The van der Waals surface area contributed by atoms with E-state index in [0.29, 0.717) is 17.9 Å². The fourth-order valence-electron chi connectivity index (χ4n) is 2.67. The van der Waals surface area contributed by atoms with Gasteiger partial charge in [-0.15, -0.1) is 0 Å². The summed E-state index contributed by atoms with van der Waals surface area (Å²) in [6.45, 7) is 2.23. The first kappa shape index (κ1) is 15.5. The average Bonchev–Trinajstić information content (AvgIpc) is 2.55. The highest BCUT2D eigenvalue weighted by molar-refractivity contribution is 6.32. The van der Waals surface area contributed by atoms with Gasteiger partial charge in [-0.3, -0.25) is 4.79 Å². The molecule has 23 heavy (non-hydrogen) atoms. The Morgan fingerprint density at radius 3 is 2.83 bits per heavy atom. The molecule has 2 aromatic rings. The maximum absolute atomic E-state index is 12.5. The third-order valence-electron chi connectivity index (χ3n) is 3.82. The Hall–Kier alpha value is -2.40. The van der Waals surface area contributed by atoms with Crippen LogP contribution in [0.3, 0.4) is 0 Å². The highest BCUT2D eigenvalue weighted by Gasteiger charge is 2.30. The number of hydrogen-bond acceptors (Lipinski definition) is 4. The van der Waals surface area contributed by atoms with Gasteiger partial charge in [0.05, 0.1) is 17.2 Å². The second-order valence-electron chi connectivity index (χ2n) is 5.29. The van der Waals surface area contributed by atoms with Gasteiger partial charge in [0.2, 0.25) is 0 Å². The van der Waals surface area contributed by atoms with E-state index in [1.807, 2.05) is 25.1 Å². The van der Waals surface area contributed by atoms with Crippen molar-refractivity contribution in [3.63, 3.8) is 0 Å². The van der Waals surface area contributed by atoms with Crippen molar-refractivity contribution in [2.75, 3.05) is 19.0 Å². The van der Waals surface area contributed by atoms with Crippen LogP contribution in [-0.2, 0) is 0 Å². The van der Waals surface area contributed by atoms with E-state index in [-0.39, 0.29) is 16.7 Å². The number of ether oxygens (including phenoxy) is 1. The predicted molar refractivity (Wildman–Crippen MR) is 89.2 cm³/mol. The zero-order valence-corrected chi connectivity index (χ0v) is 13.6. The number of amides is 1. The van der Waals surface area contributed by atoms with Gasteiger partial charge in [0.25, 0.3) is 5.91 Å². The van der Waals surface area contributed by atoms with E-state index >= 15 is 0 Å². The number of aromatic hydroxyl groups is 1. The van der Waals surface area contributed by atoms with Crippen molar-refractivity contribution < 1.29 is 14.6 Å². The van der Waals surface area contributed by atoms with Crippen LogP contribution in [0, 0.1) is 0 Å². The normalized spacial score (nSPS) is 16.7. The summed E-state index contributed by atoms with van der Waals surface area (Å²) in [5, 5.41) is 13.5. The average molecular weight is 333 g/mol. The molecule has 0 spiro atoms. The van der Waals surface area contributed by atoms with Crippen LogP contribution >= 0.6 is 11.6 Å². The maximum atomic E-state index is 12.5. The molecule has 0 aromatic heterocycles. The van der Waals surface area contributed by atoms with E-state index in [2.05, 4.69) is 5.32 Å².